The molecule has 0 saturated carbocycles. The zero-order chi connectivity index (χ0) is 32.9. The number of likely N-dealkylation sites (N-methyl/N-ethyl adjacent to an activating group) is 1. The number of carbonyl (C=O) groups is 1. The summed E-state index contributed by atoms with van der Waals surface area (Å²) in [4.78, 5) is 22.9. The highest BCUT2D eigenvalue weighted by Gasteiger charge is 2.28. The monoisotopic (exact) mass is 648 g/mol. The van der Waals surface area contributed by atoms with Gasteiger partial charge in [0.25, 0.3) is 0 Å². The molecule has 0 aliphatic rings. The predicted octanol–water partition coefficient (Wildman–Crippen LogP) is 8.85. The topological polar surface area (TPSA) is 105 Å². The average molecular weight is 648 g/mol. The van der Waals surface area contributed by atoms with E-state index in [1.54, 1.807) is 0 Å². The number of unbranched alkanes of at least 4 members (excludes halogenated alkanes) is 17. The highest BCUT2D eigenvalue weighted by molar-refractivity contribution is 7.47. The van der Waals surface area contributed by atoms with E-state index in [9.17, 15) is 19.4 Å². The Morgan fingerprint density at radius 3 is 1.75 bits per heavy atom. The van der Waals surface area contributed by atoms with E-state index in [1.807, 2.05) is 21.1 Å². The summed E-state index contributed by atoms with van der Waals surface area (Å²) in [7, 11) is 1.60. The molecule has 0 rings (SSSR count). The summed E-state index contributed by atoms with van der Waals surface area (Å²) in [6, 6.07) is -0.767. The maximum atomic E-state index is 12.7. The number of hydrogen-bond donors (Lipinski definition) is 3. The first-order chi connectivity index (χ1) is 21.0. The lowest BCUT2D eigenvalue weighted by molar-refractivity contribution is -0.870. The Balaban J connectivity index is 4.49. The minimum atomic E-state index is -4.30. The minimum Gasteiger partial charge on any atom is -0.391 e. The van der Waals surface area contributed by atoms with Gasteiger partial charge in [0.15, 0.2) is 0 Å². The summed E-state index contributed by atoms with van der Waals surface area (Å²) in [5.74, 6) is -0.158. The van der Waals surface area contributed by atoms with Crippen LogP contribution in [0.15, 0.2) is 12.2 Å². The molecule has 0 spiro atoms. The number of carbonyl (C=O) groups excluding carboxylic acids is 1. The normalized spacial score (nSPS) is 15.0. The van der Waals surface area contributed by atoms with E-state index in [-0.39, 0.29) is 19.1 Å². The number of phosphoric ester groups is 1. The van der Waals surface area contributed by atoms with E-state index in [1.165, 1.54) is 83.5 Å². The van der Waals surface area contributed by atoms with Crippen LogP contribution in [0.25, 0.3) is 0 Å². The zero-order valence-corrected chi connectivity index (χ0v) is 30.3. The van der Waals surface area contributed by atoms with Gasteiger partial charge in [-0.2, -0.15) is 0 Å². The molecule has 0 aromatic carbocycles. The van der Waals surface area contributed by atoms with Crippen LogP contribution in [0.4, 0.5) is 0 Å². The molecule has 0 saturated heterocycles. The fourth-order valence-electron chi connectivity index (χ4n) is 5.04. The van der Waals surface area contributed by atoms with Gasteiger partial charge in [-0.3, -0.25) is 13.8 Å². The Hall–Kier alpha value is -0.760. The third-order valence-corrected chi connectivity index (χ3v) is 9.00. The molecule has 0 aliphatic carbocycles. The van der Waals surface area contributed by atoms with Crippen molar-refractivity contribution >= 4 is 13.7 Å². The van der Waals surface area contributed by atoms with Gasteiger partial charge in [0, 0.05) is 6.42 Å². The molecule has 0 aromatic rings. The SMILES string of the molecule is CCCCC/C=C/CCCC[C@@H](O)[C@H](COP(=O)(O)OCC[N+](C)(C)C)NC(=O)CCCCCCCCCCCCCCC. The number of hydrogen-bond acceptors (Lipinski definition) is 5. The van der Waals surface area contributed by atoms with Crippen LogP contribution in [-0.4, -0.2) is 73.4 Å². The number of rotatable bonds is 32. The van der Waals surface area contributed by atoms with Gasteiger partial charge in [-0.15, -0.1) is 0 Å². The summed E-state index contributed by atoms with van der Waals surface area (Å²) in [5.41, 5.74) is 0. The molecule has 0 aliphatic heterocycles. The molecule has 0 radical (unpaired) electrons. The van der Waals surface area contributed by atoms with Crippen molar-refractivity contribution in [3.05, 3.63) is 12.2 Å². The molecule has 1 amide bonds. The summed E-state index contributed by atoms with van der Waals surface area (Å²) >= 11 is 0. The number of aliphatic hydroxyl groups excluding tert-OH is 1. The van der Waals surface area contributed by atoms with E-state index >= 15 is 0 Å². The molecular formula is C35H72N2O6P+. The average Bonchev–Trinajstić information content (AvgIpc) is 2.95. The van der Waals surface area contributed by atoms with Crippen molar-refractivity contribution in [2.24, 2.45) is 0 Å². The Morgan fingerprint density at radius 2 is 1.23 bits per heavy atom. The van der Waals surface area contributed by atoms with Gasteiger partial charge in [-0.25, -0.2) is 4.57 Å². The lowest BCUT2D eigenvalue weighted by atomic mass is 10.0. The second-order valence-electron chi connectivity index (χ2n) is 13.6. The quantitative estimate of drug-likeness (QED) is 0.0292. The molecule has 8 nitrogen and oxygen atoms in total. The van der Waals surface area contributed by atoms with Gasteiger partial charge in [-0.1, -0.05) is 122 Å². The van der Waals surface area contributed by atoms with Crippen molar-refractivity contribution < 1.29 is 32.9 Å². The number of quaternary nitrogens is 1. The molecule has 262 valence electrons. The van der Waals surface area contributed by atoms with Crippen LogP contribution in [0.2, 0.25) is 0 Å². The van der Waals surface area contributed by atoms with Gasteiger partial charge < -0.3 is 19.8 Å². The van der Waals surface area contributed by atoms with Crippen molar-refractivity contribution in [1.29, 1.82) is 0 Å². The van der Waals surface area contributed by atoms with E-state index in [0.717, 1.165) is 44.9 Å². The summed E-state index contributed by atoms with van der Waals surface area (Å²) in [6.07, 6.45) is 28.1. The van der Waals surface area contributed by atoms with Crippen molar-refractivity contribution in [3.8, 4) is 0 Å². The van der Waals surface area contributed by atoms with Crippen LogP contribution in [0.1, 0.15) is 155 Å². The molecule has 1 unspecified atom stereocenters. The first-order valence-electron chi connectivity index (χ1n) is 18.1. The maximum Gasteiger partial charge on any atom is 0.472 e. The van der Waals surface area contributed by atoms with Crippen LogP contribution >= 0.6 is 7.82 Å². The van der Waals surface area contributed by atoms with E-state index in [4.69, 9.17) is 9.05 Å². The smallest absolute Gasteiger partial charge is 0.391 e. The van der Waals surface area contributed by atoms with Crippen LogP contribution in [0, 0.1) is 0 Å². The molecule has 0 fully saturated rings. The maximum absolute atomic E-state index is 12.7. The predicted molar refractivity (Wildman–Crippen MR) is 185 cm³/mol. The number of phosphoric acid groups is 1. The molecule has 9 heteroatoms. The number of aliphatic hydroxyl groups is 1. The van der Waals surface area contributed by atoms with E-state index in [2.05, 4.69) is 31.3 Å². The highest BCUT2D eigenvalue weighted by Crippen LogP contribution is 2.43. The summed E-state index contributed by atoms with van der Waals surface area (Å²) in [6.45, 7) is 4.80. The minimum absolute atomic E-state index is 0.0713. The summed E-state index contributed by atoms with van der Waals surface area (Å²) < 4.78 is 23.4. The number of amides is 1. The molecule has 0 bridgehead atoms. The lowest BCUT2D eigenvalue weighted by Gasteiger charge is -2.26. The van der Waals surface area contributed by atoms with Crippen LogP contribution < -0.4 is 5.32 Å². The summed E-state index contributed by atoms with van der Waals surface area (Å²) in [5, 5.41) is 13.8. The third-order valence-electron chi connectivity index (χ3n) is 8.01. The standard InChI is InChI=1S/C35H71N2O6P/c1-6-8-10-12-14-16-17-18-19-21-23-25-27-29-35(39)36-33(32-43-44(40,41)42-31-30-37(3,4)5)34(38)28-26-24-22-20-15-13-11-9-7-2/h15,20,33-34,38H,6-14,16-19,21-32H2,1-5H3,(H-,36,39,40,41)/p+1/b20-15+/t33-,34+/m0/s1. The second kappa shape index (κ2) is 28.5. The van der Waals surface area contributed by atoms with Crippen LogP contribution in [0.5, 0.6) is 0 Å². The Morgan fingerprint density at radius 1 is 0.750 bits per heavy atom. The Bertz CT molecular complexity index is 743. The van der Waals surface area contributed by atoms with Gasteiger partial charge in [0.1, 0.15) is 13.2 Å². The fourth-order valence-corrected chi connectivity index (χ4v) is 5.77. The Labute approximate surface area is 272 Å². The first-order valence-corrected chi connectivity index (χ1v) is 19.5. The van der Waals surface area contributed by atoms with Gasteiger partial charge >= 0.3 is 7.82 Å². The number of allylic oxidation sites excluding steroid dienone is 2. The first kappa shape index (κ1) is 43.2. The molecule has 44 heavy (non-hydrogen) atoms. The molecule has 3 atom stereocenters. The lowest BCUT2D eigenvalue weighted by Crippen LogP contribution is -2.46. The number of nitrogens with one attached hydrogen (secondary N) is 1. The molecular weight excluding hydrogens is 575 g/mol. The number of nitrogens with zero attached hydrogens (tertiary/aromatic N) is 1. The van der Waals surface area contributed by atoms with E-state index in [0.29, 0.717) is 23.9 Å². The van der Waals surface area contributed by atoms with Crippen molar-refractivity contribution in [2.75, 3.05) is 40.9 Å². The van der Waals surface area contributed by atoms with Crippen molar-refractivity contribution in [3.63, 3.8) is 0 Å². The Kier molecular flexibility index (Phi) is 28.0. The van der Waals surface area contributed by atoms with Gasteiger partial charge in [0.05, 0.1) is 39.9 Å². The third kappa shape index (κ3) is 29.9. The van der Waals surface area contributed by atoms with E-state index < -0.39 is 20.0 Å². The van der Waals surface area contributed by atoms with Crippen molar-refractivity contribution in [2.45, 2.75) is 167 Å². The largest absolute Gasteiger partial charge is 0.472 e. The van der Waals surface area contributed by atoms with Gasteiger partial charge in [-0.05, 0) is 38.5 Å². The van der Waals surface area contributed by atoms with Crippen molar-refractivity contribution in [1.82, 2.24) is 5.32 Å². The molecule has 0 heterocycles. The van der Waals surface area contributed by atoms with Crippen LogP contribution in [-0.2, 0) is 18.4 Å². The second-order valence-corrected chi connectivity index (χ2v) is 15.1. The van der Waals surface area contributed by atoms with Gasteiger partial charge in [0.2, 0.25) is 5.91 Å². The zero-order valence-electron chi connectivity index (χ0n) is 29.4. The molecule has 3 N–H and O–H groups in total. The highest BCUT2D eigenvalue weighted by atomic mass is 31.2. The van der Waals surface area contributed by atoms with Crippen LogP contribution in [0.3, 0.4) is 0 Å². The molecule has 0 aromatic heterocycles. The fraction of sp³-hybridized carbons (Fsp3) is 0.914.